The first kappa shape index (κ1) is 18.5. The Bertz CT molecular complexity index is 733. The molecule has 2 rings (SSSR count). The number of carboxylic acids is 1. The van der Waals surface area contributed by atoms with E-state index >= 15 is 0 Å². The van der Waals surface area contributed by atoms with Gasteiger partial charge >= 0.3 is 12.1 Å². The van der Waals surface area contributed by atoms with Gasteiger partial charge in [-0.15, -0.1) is 0 Å². The molecule has 1 unspecified atom stereocenters. The second-order valence-corrected chi connectivity index (χ2v) is 6.18. The van der Waals surface area contributed by atoms with Gasteiger partial charge in [-0.1, -0.05) is 48.0 Å². The zero-order valence-corrected chi connectivity index (χ0v) is 14.7. The number of alkyl carbamates (subject to hydrolysis) is 1. The van der Waals surface area contributed by atoms with E-state index in [1.54, 1.807) is 0 Å². The Balaban J connectivity index is 2.01. The highest BCUT2D eigenvalue weighted by molar-refractivity contribution is 5.80. The number of carbonyl (C=O) groups is 2. The van der Waals surface area contributed by atoms with Crippen LogP contribution < -0.4 is 5.32 Å². The van der Waals surface area contributed by atoms with Gasteiger partial charge in [-0.05, 0) is 43.0 Å². The van der Waals surface area contributed by atoms with Gasteiger partial charge in [0.2, 0.25) is 0 Å². The third-order valence-corrected chi connectivity index (χ3v) is 4.05. The van der Waals surface area contributed by atoms with E-state index in [1.165, 1.54) is 0 Å². The van der Waals surface area contributed by atoms with Crippen molar-refractivity contribution in [3.05, 3.63) is 70.3 Å². The summed E-state index contributed by atoms with van der Waals surface area (Å²) in [6.45, 7) is 5.99. The van der Waals surface area contributed by atoms with Gasteiger partial charge in [0.05, 0.1) is 0 Å². The lowest BCUT2D eigenvalue weighted by Gasteiger charge is -2.18. The molecular formula is C20H23NO4. The largest absolute Gasteiger partial charge is 0.480 e. The molecule has 5 nitrogen and oxygen atoms in total. The first-order valence-corrected chi connectivity index (χ1v) is 8.13. The van der Waals surface area contributed by atoms with Gasteiger partial charge in [0.1, 0.15) is 12.6 Å². The molecule has 1 amide bonds. The fourth-order valence-electron chi connectivity index (χ4n) is 2.84. The smallest absolute Gasteiger partial charge is 0.408 e. The van der Waals surface area contributed by atoms with Crippen LogP contribution in [0.15, 0.2) is 42.5 Å². The number of benzene rings is 2. The SMILES string of the molecule is Cc1cc(C)c(CC(NC(=O)OCc2ccccc2)C(=O)O)c(C)c1. The summed E-state index contributed by atoms with van der Waals surface area (Å²) in [4.78, 5) is 23.5. The monoisotopic (exact) mass is 341 g/mol. The highest BCUT2D eigenvalue weighted by Crippen LogP contribution is 2.18. The summed E-state index contributed by atoms with van der Waals surface area (Å²) in [5.74, 6) is -1.09. The molecule has 1 atom stereocenters. The lowest BCUT2D eigenvalue weighted by Crippen LogP contribution is -2.42. The van der Waals surface area contributed by atoms with Crippen LogP contribution in [0.5, 0.6) is 0 Å². The molecule has 0 aromatic heterocycles. The number of aliphatic carboxylic acids is 1. The summed E-state index contributed by atoms with van der Waals surface area (Å²) in [5, 5.41) is 11.9. The van der Waals surface area contributed by atoms with E-state index < -0.39 is 18.1 Å². The highest BCUT2D eigenvalue weighted by atomic mass is 16.5. The molecule has 0 spiro atoms. The number of carboxylic acid groups (broad SMARTS) is 1. The first-order chi connectivity index (χ1) is 11.9. The van der Waals surface area contributed by atoms with Crippen LogP contribution in [0.1, 0.15) is 27.8 Å². The average molecular weight is 341 g/mol. The van der Waals surface area contributed by atoms with Crippen molar-refractivity contribution in [3.8, 4) is 0 Å². The maximum atomic E-state index is 11.9. The van der Waals surface area contributed by atoms with Gasteiger partial charge in [0, 0.05) is 6.42 Å². The zero-order valence-electron chi connectivity index (χ0n) is 14.7. The van der Waals surface area contributed by atoms with E-state index in [1.807, 2.05) is 63.2 Å². The van der Waals surface area contributed by atoms with Crippen LogP contribution in [0.25, 0.3) is 0 Å². The van der Waals surface area contributed by atoms with E-state index in [-0.39, 0.29) is 13.0 Å². The average Bonchev–Trinajstić information content (AvgIpc) is 2.55. The highest BCUT2D eigenvalue weighted by Gasteiger charge is 2.23. The number of hydrogen-bond acceptors (Lipinski definition) is 3. The van der Waals surface area contributed by atoms with Crippen LogP contribution in [-0.4, -0.2) is 23.2 Å². The number of ether oxygens (including phenoxy) is 1. The summed E-state index contributed by atoms with van der Waals surface area (Å²) >= 11 is 0. The second-order valence-electron chi connectivity index (χ2n) is 6.18. The molecule has 2 N–H and O–H groups in total. The van der Waals surface area contributed by atoms with E-state index in [0.29, 0.717) is 0 Å². The molecule has 0 radical (unpaired) electrons. The topological polar surface area (TPSA) is 75.6 Å². The second kappa shape index (κ2) is 8.33. The van der Waals surface area contributed by atoms with Gasteiger partial charge in [-0.25, -0.2) is 9.59 Å². The molecule has 0 heterocycles. The maximum absolute atomic E-state index is 11.9. The van der Waals surface area contributed by atoms with Crippen LogP contribution in [0, 0.1) is 20.8 Å². The molecular weight excluding hydrogens is 318 g/mol. The fourth-order valence-corrected chi connectivity index (χ4v) is 2.84. The van der Waals surface area contributed by atoms with Crippen molar-refractivity contribution in [2.24, 2.45) is 0 Å². The molecule has 0 aliphatic heterocycles. The third-order valence-electron chi connectivity index (χ3n) is 4.05. The summed E-state index contributed by atoms with van der Waals surface area (Å²) in [6, 6.07) is 12.2. The van der Waals surface area contributed by atoms with Gasteiger partial charge in [0.25, 0.3) is 0 Å². The number of amides is 1. The van der Waals surface area contributed by atoms with Crippen LogP contribution in [0.2, 0.25) is 0 Å². The predicted octanol–water partition coefficient (Wildman–Crippen LogP) is 3.53. The maximum Gasteiger partial charge on any atom is 0.408 e. The Hall–Kier alpha value is -2.82. The fraction of sp³-hybridized carbons (Fsp3) is 0.300. The summed E-state index contributed by atoms with van der Waals surface area (Å²) in [6.07, 6.45) is -0.521. The molecule has 0 aliphatic rings. The predicted molar refractivity (Wildman–Crippen MR) is 95.5 cm³/mol. The van der Waals surface area contributed by atoms with Crippen LogP contribution >= 0.6 is 0 Å². The molecule has 0 saturated carbocycles. The Morgan fingerprint density at radius 2 is 1.68 bits per heavy atom. The standard InChI is InChI=1S/C20H23NO4/c1-13-9-14(2)17(15(3)10-13)11-18(19(22)23)21-20(24)25-12-16-7-5-4-6-8-16/h4-10,18H,11-12H2,1-3H3,(H,21,24)(H,22,23). The van der Waals surface area contributed by atoms with Gasteiger partial charge < -0.3 is 15.2 Å². The minimum atomic E-state index is -1.09. The molecule has 0 saturated heterocycles. The van der Waals surface area contributed by atoms with E-state index in [9.17, 15) is 14.7 Å². The normalized spacial score (nSPS) is 11.6. The van der Waals surface area contributed by atoms with E-state index in [4.69, 9.17) is 4.74 Å². The third kappa shape index (κ3) is 5.35. The summed E-state index contributed by atoms with van der Waals surface area (Å²) in [5.41, 5.74) is 4.93. The lowest BCUT2D eigenvalue weighted by atomic mass is 9.94. The van der Waals surface area contributed by atoms with Gasteiger partial charge in [0.15, 0.2) is 0 Å². The number of rotatable bonds is 6. The van der Waals surface area contributed by atoms with Crippen LogP contribution in [-0.2, 0) is 22.6 Å². The van der Waals surface area contributed by atoms with Crippen molar-refractivity contribution in [2.45, 2.75) is 39.8 Å². The van der Waals surface area contributed by atoms with E-state index in [2.05, 4.69) is 5.32 Å². The molecule has 0 aliphatic carbocycles. The van der Waals surface area contributed by atoms with Crippen molar-refractivity contribution in [1.82, 2.24) is 5.32 Å². The Morgan fingerprint density at radius 3 is 2.24 bits per heavy atom. The lowest BCUT2D eigenvalue weighted by molar-refractivity contribution is -0.139. The first-order valence-electron chi connectivity index (χ1n) is 8.13. The minimum absolute atomic E-state index is 0.0988. The van der Waals surface area contributed by atoms with E-state index in [0.717, 1.165) is 27.8 Å². The zero-order chi connectivity index (χ0) is 18.4. The molecule has 132 valence electrons. The Morgan fingerprint density at radius 1 is 1.08 bits per heavy atom. The number of aryl methyl sites for hydroxylation is 3. The van der Waals surface area contributed by atoms with Crippen molar-refractivity contribution in [3.63, 3.8) is 0 Å². The molecule has 0 fully saturated rings. The molecule has 5 heteroatoms. The summed E-state index contributed by atoms with van der Waals surface area (Å²) < 4.78 is 5.11. The number of nitrogens with one attached hydrogen (secondary N) is 1. The van der Waals surface area contributed by atoms with Crippen molar-refractivity contribution in [2.75, 3.05) is 0 Å². The van der Waals surface area contributed by atoms with Crippen molar-refractivity contribution in [1.29, 1.82) is 0 Å². The van der Waals surface area contributed by atoms with Crippen molar-refractivity contribution < 1.29 is 19.4 Å². The van der Waals surface area contributed by atoms with Crippen LogP contribution in [0.4, 0.5) is 4.79 Å². The molecule has 2 aromatic carbocycles. The van der Waals surface area contributed by atoms with Gasteiger partial charge in [-0.2, -0.15) is 0 Å². The number of carbonyl (C=O) groups excluding carboxylic acids is 1. The Kier molecular flexibility index (Phi) is 6.17. The molecule has 0 bridgehead atoms. The van der Waals surface area contributed by atoms with Crippen molar-refractivity contribution >= 4 is 12.1 Å². The quantitative estimate of drug-likeness (QED) is 0.843. The van der Waals surface area contributed by atoms with Gasteiger partial charge in [-0.3, -0.25) is 0 Å². The minimum Gasteiger partial charge on any atom is -0.480 e. The molecule has 25 heavy (non-hydrogen) atoms. The number of hydrogen-bond donors (Lipinski definition) is 2. The summed E-state index contributed by atoms with van der Waals surface area (Å²) in [7, 11) is 0. The van der Waals surface area contributed by atoms with Crippen LogP contribution in [0.3, 0.4) is 0 Å². The Labute approximate surface area is 147 Å². The molecule has 2 aromatic rings.